The number of anilines is 1. The maximum atomic E-state index is 12.4. The molecule has 106 valence electrons. The molecular formula is C14H15BrN2O3. The molecule has 2 fully saturated rings. The van der Waals surface area contributed by atoms with Crippen molar-refractivity contribution >= 4 is 33.4 Å². The van der Waals surface area contributed by atoms with Crippen LogP contribution in [0.25, 0.3) is 0 Å². The van der Waals surface area contributed by atoms with Crippen LogP contribution in [0.5, 0.6) is 0 Å². The normalized spacial score (nSPS) is 22.6. The Labute approximate surface area is 125 Å². The maximum Gasteiger partial charge on any atom is 0.270 e. The van der Waals surface area contributed by atoms with E-state index < -0.39 is 6.10 Å². The van der Waals surface area contributed by atoms with Crippen molar-refractivity contribution in [2.45, 2.75) is 25.4 Å². The van der Waals surface area contributed by atoms with Crippen LogP contribution < -0.4 is 5.01 Å². The van der Waals surface area contributed by atoms with E-state index in [-0.39, 0.29) is 11.8 Å². The summed E-state index contributed by atoms with van der Waals surface area (Å²) >= 11 is 3.36. The second-order valence-corrected chi connectivity index (χ2v) is 5.81. The minimum atomic E-state index is -0.404. The second kappa shape index (κ2) is 5.54. The minimum absolute atomic E-state index is 0.0568. The van der Waals surface area contributed by atoms with Gasteiger partial charge in [-0.15, -0.1) is 0 Å². The minimum Gasteiger partial charge on any atom is -0.368 e. The predicted octanol–water partition coefficient (Wildman–Crippen LogP) is 2.11. The number of ether oxygens (including phenoxy) is 1. The Balaban J connectivity index is 1.84. The van der Waals surface area contributed by atoms with Gasteiger partial charge in [-0.05, 0) is 37.1 Å². The van der Waals surface area contributed by atoms with Crippen LogP contribution in [0.3, 0.4) is 0 Å². The molecule has 0 unspecified atom stereocenters. The van der Waals surface area contributed by atoms with Gasteiger partial charge in [0.1, 0.15) is 6.10 Å². The number of benzene rings is 1. The quantitative estimate of drug-likeness (QED) is 0.829. The van der Waals surface area contributed by atoms with E-state index in [4.69, 9.17) is 4.74 Å². The molecule has 0 aromatic heterocycles. The van der Waals surface area contributed by atoms with Gasteiger partial charge >= 0.3 is 0 Å². The summed E-state index contributed by atoms with van der Waals surface area (Å²) in [5, 5.41) is 2.98. The second-order valence-electron chi connectivity index (χ2n) is 4.89. The first kappa shape index (κ1) is 13.6. The number of nitrogens with zero attached hydrogens (tertiary/aromatic N) is 2. The van der Waals surface area contributed by atoms with Crippen LogP contribution in [-0.2, 0) is 14.3 Å². The van der Waals surface area contributed by atoms with E-state index in [1.54, 1.807) is 0 Å². The third-order valence-corrected chi connectivity index (χ3v) is 4.07. The van der Waals surface area contributed by atoms with E-state index in [0.29, 0.717) is 25.3 Å². The molecule has 2 amide bonds. The first-order valence-electron chi connectivity index (χ1n) is 6.68. The Morgan fingerprint density at radius 3 is 2.70 bits per heavy atom. The van der Waals surface area contributed by atoms with E-state index in [1.807, 2.05) is 24.3 Å². The first-order chi connectivity index (χ1) is 9.66. The summed E-state index contributed by atoms with van der Waals surface area (Å²) in [7, 11) is 0. The topological polar surface area (TPSA) is 49.9 Å². The molecule has 1 aromatic rings. The zero-order valence-electron chi connectivity index (χ0n) is 10.9. The van der Waals surface area contributed by atoms with Gasteiger partial charge < -0.3 is 4.74 Å². The molecular weight excluding hydrogens is 324 g/mol. The molecule has 0 bridgehead atoms. The lowest BCUT2D eigenvalue weighted by molar-refractivity contribution is -0.141. The van der Waals surface area contributed by atoms with Crippen LogP contribution in [0, 0.1) is 0 Å². The van der Waals surface area contributed by atoms with E-state index in [2.05, 4.69) is 15.9 Å². The summed E-state index contributed by atoms with van der Waals surface area (Å²) < 4.78 is 6.36. The monoisotopic (exact) mass is 338 g/mol. The number of rotatable bonds is 2. The fourth-order valence-electron chi connectivity index (χ4n) is 2.56. The highest BCUT2D eigenvalue weighted by Crippen LogP contribution is 2.26. The fourth-order valence-corrected chi connectivity index (χ4v) is 2.82. The van der Waals surface area contributed by atoms with Crippen LogP contribution in [0.15, 0.2) is 28.7 Å². The molecule has 2 heterocycles. The SMILES string of the molecule is O=C([C@@H]1CCCO1)N1CCC(=O)N1c1ccc(Br)cc1. The highest BCUT2D eigenvalue weighted by atomic mass is 79.9. The number of amides is 2. The van der Waals surface area contributed by atoms with Crippen LogP contribution >= 0.6 is 15.9 Å². The molecule has 0 spiro atoms. The molecule has 6 heteroatoms. The Kier molecular flexibility index (Phi) is 3.76. The smallest absolute Gasteiger partial charge is 0.270 e. The lowest BCUT2D eigenvalue weighted by Gasteiger charge is -2.29. The zero-order valence-corrected chi connectivity index (χ0v) is 12.5. The number of carbonyl (C=O) groups is 2. The van der Waals surface area contributed by atoms with E-state index in [0.717, 1.165) is 17.3 Å². The van der Waals surface area contributed by atoms with Crippen molar-refractivity contribution in [2.24, 2.45) is 0 Å². The molecule has 5 nitrogen and oxygen atoms in total. The van der Waals surface area contributed by atoms with Crippen LogP contribution in [0.1, 0.15) is 19.3 Å². The molecule has 2 aliphatic heterocycles. The van der Waals surface area contributed by atoms with Gasteiger partial charge in [0.2, 0.25) is 5.91 Å². The number of hydrogen-bond acceptors (Lipinski definition) is 3. The van der Waals surface area contributed by atoms with Crippen molar-refractivity contribution in [3.63, 3.8) is 0 Å². The van der Waals surface area contributed by atoms with Crippen LogP contribution in [0.2, 0.25) is 0 Å². The summed E-state index contributed by atoms with van der Waals surface area (Å²) in [6.07, 6.45) is 1.58. The maximum absolute atomic E-state index is 12.4. The number of carbonyl (C=O) groups excluding carboxylic acids is 2. The molecule has 2 saturated heterocycles. The first-order valence-corrected chi connectivity index (χ1v) is 7.47. The summed E-state index contributed by atoms with van der Waals surface area (Å²) in [6.45, 7) is 1.05. The molecule has 0 aliphatic carbocycles. The van der Waals surface area contributed by atoms with E-state index >= 15 is 0 Å². The highest BCUT2D eigenvalue weighted by Gasteiger charge is 2.38. The standard InChI is InChI=1S/C14H15BrN2O3/c15-10-3-5-11(6-4-10)17-13(18)7-8-16(17)14(19)12-2-1-9-20-12/h3-6,12H,1-2,7-9H2/t12-/m0/s1. The van der Waals surface area contributed by atoms with Gasteiger partial charge in [-0.25, -0.2) is 10.0 Å². The third kappa shape index (κ3) is 2.45. The third-order valence-electron chi connectivity index (χ3n) is 3.55. The molecule has 3 rings (SSSR count). The van der Waals surface area contributed by atoms with Gasteiger partial charge in [0.25, 0.3) is 5.91 Å². The Morgan fingerprint density at radius 2 is 2.05 bits per heavy atom. The van der Waals surface area contributed by atoms with Crippen molar-refractivity contribution in [3.05, 3.63) is 28.7 Å². The summed E-state index contributed by atoms with van der Waals surface area (Å²) in [4.78, 5) is 24.5. The Hall–Kier alpha value is -1.40. The molecule has 2 aliphatic rings. The zero-order chi connectivity index (χ0) is 14.1. The van der Waals surface area contributed by atoms with Gasteiger partial charge in [-0.2, -0.15) is 0 Å². The van der Waals surface area contributed by atoms with E-state index in [9.17, 15) is 9.59 Å². The largest absolute Gasteiger partial charge is 0.368 e. The van der Waals surface area contributed by atoms with Gasteiger partial charge in [0.05, 0.1) is 12.2 Å². The summed E-state index contributed by atoms with van der Waals surface area (Å²) in [5.74, 6) is -0.171. The van der Waals surface area contributed by atoms with Crippen molar-refractivity contribution < 1.29 is 14.3 Å². The lowest BCUT2D eigenvalue weighted by Crippen LogP contribution is -2.47. The van der Waals surface area contributed by atoms with Crippen LogP contribution in [0.4, 0.5) is 5.69 Å². The average Bonchev–Trinajstić information content (AvgIpc) is 3.09. The Morgan fingerprint density at radius 1 is 1.30 bits per heavy atom. The van der Waals surface area contributed by atoms with Crippen LogP contribution in [-0.4, -0.2) is 36.1 Å². The van der Waals surface area contributed by atoms with E-state index in [1.165, 1.54) is 10.0 Å². The number of halogens is 1. The van der Waals surface area contributed by atoms with Crippen molar-refractivity contribution in [1.82, 2.24) is 5.01 Å². The molecule has 0 radical (unpaired) electrons. The lowest BCUT2D eigenvalue weighted by atomic mass is 10.2. The molecule has 0 N–H and O–H groups in total. The van der Waals surface area contributed by atoms with Crippen molar-refractivity contribution in [2.75, 3.05) is 18.2 Å². The van der Waals surface area contributed by atoms with Crippen molar-refractivity contribution in [3.8, 4) is 0 Å². The number of hydrogen-bond donors (Lipinski definition) is 0. The van der Waals surface area contributed by atoms with Gasteiger partial charge in [0, 0.05) is 17.5 Å². The van der Waals surface area contributed by atoms with Crippen molar-refractivity contribution in [1.29, 1.82) is 0 Å². The Bertz CT molecular complexity index is 526. The molecule has 1 atom stereocenters. The van der Waals surface area contributed by atoms with Gasteiger partial charge in [-0.1, -0.05) is 15.9 Å². The average molecular weight is 339 g/mol. The highest BCUT2D eigenvalue weighted by molar-refractivity contribution is 9.10. The predicted molar refractivity (Wildman–Crippen MR) is 76.9 cm³/mol. The van der Waals surface area contributed by atoms with Gasteiger partial charge in [0.15, 0.2) is 0 Å². The molecule has 1 aromatic carbocycles. The fraction of sp³-hybridized carbons (Fsp3) is 0.429. The molecule has 20 heavy (non-hydrogen) atoms. The number of hydrazine groups is 1. The molecule has 0 saturated carbocycles. The summed E-state index contributed by atoms with van der Waals surface area (Å²) in [6, 6.07) is 7.36. The summed E-state index contributed by atoms with van der Waals surface area (Å²) in [5.41, 5.74) is 0.710. The van der Waals surface area contributed by atoms with Gasteiger partial charge in [-0.3, -0.25) is 9.59 Å².